The number of aryl methyl sites for hydroxylation is 1. The SMILES string of the molecule is Cc1ccccc1CN(C)C(CN)C1CCCC(C)C1. The Morgan fingerprint density at radius 1 is 1.30 bits per heavy atom. The minimum atomic E-state index is 0.525. The lowest BCUT2D eigenvalue weighted by Gasteiger charge is -2.38. The molecule has 1 aliphatic carbocycles. The molecule has 0 bridgehead atoms. The molecule has 3 atom stereocenters. The maximum Gasteiger partial charge on any atom is 0.0247 e. The van der Waals surface area contributed by atoms with Gasteiger partial charge in [0.25, 0.3) is 0 Å². The molecule has 0 aliphatic heterocycles. The van der Waals surface area contributed by atoms with Crippen LogP contribution in [0.1, 0.15) is 43.7 Å². The van der Waals surface area contributed by atoms with Crippen molar-refractivity contribution in [2.24, 2.45) is 17.6 Å². The number of hydrogen-bond donors (Lipinski definition) is 1. The Labute approximate surface area is 124 Å². The first kappa shape index (κ1) is 15.5. The van der Waals surface area contributed by atoms with E-state index in [1.807, 2.05) is 0 Å². The van der Waals surface area contributed by atoms with Gasteiger partial charge in [-0.05, 0) is 49.8 Å². The third-order valence-corrected chi connectivity index (χ3v) is 5.01. The minimum Gasteiger partial charge on any atom is -0.329 e. The molecule has 1 fully saturated rings. The number of hydrogen-bond acceptors (Lipinski definition) is 2. The van der Waals surface area contributed by atoms with Crippen LogP contribution in [0.3, 0.4) is 0 Å². The molecule has 1 aliphatic rings. The second-order valence-electron chi connectivity index (χ2n) is 6.68. The highest BCUT2D eigenvalue weighted by atomic mass is 15.1. The monoisotopic (exact) mass is 274 g/mol. The molecule has 0 amide bonds. The molecule has 2 heteroatoms. The van der Waals surface area contributed by atoms with Crippen molar-refractivity contribution in [3.05, 3.63) is 35.4 Å². The molecule has 0 radical (unpaired) electrons. The third kappa shape index (κ3) is 3.83. The Morgan fingerprint density at radius 3 is 2.70 bits per heavy atom. The first-order valence-corrected chi connectivity index (χ1v) is 8.06. The van der Waals surface area contributed by atoms with Crippen molar-refractivity contribution in [2.75, 3.05) is 13.6 Å². The lowest BCUT2D eigenvalue weighted by atomic mass is 9.78. The Hall–Kier alpha value is -0.860. The fourth-order valence-electron chi connectivity index (χ4n) is 3.74. The van der Waals surface area contributed by atoms with E-state index in [2.05, 4.69) is 50.1 Å². The van der Waals surface area contributed by atoms with Crippen molar-refractivity contribution in [1.29, 1.82) is 0 Å². The van der Waals surface area contributed by atoms with Crippen molar-refractivity contribution in [3.8, 4) is 0 Å². The van der Waals surface area contributed by atoms with E-state index in [4.69, 9.17) is 5.73 Å². The van der Waals surface area contributed by atoms with Gasteiger partial charge in [-0.15, -0.1) is 0 Å². The maximum absolute atomic E-state index is 6.10. The Balaban J connectivity index is 2.01. The summed E-state index contributed by atoms with van der Waals surface area (Å²) in [6.45, 7) is 6.38. The second kappa shape index (κ2) is 7.24. The molecule has 0 heterocycles. The standard InChI is InChI=1S/C18H30N2/c1-14-7-6-10-16(11-14)18(12-19)20(3)13-17-9-5-4-8-15(17)2/h4-5,8-9,14,16,18H,6-7,10-13,19H2,1-3H3. The summed E-state index contributed by atoms with van der Waals surface area (Å²) in [7, 11) is 2.24. The van der Waals surface area contributed by atoms with E-state index in [0.717, 1.165) is 24.9 Å². The lowest BCUT2D eigenvalue weighted by molar-refractivity contribution is 0.125. The van der Waals surface area contributed by atoms with E-state index in [0.29, 0.717) is 6.04 Å². The average Bonchev–Trinajstić information content (AvgIpc) is 2.42. The van der Waals surface area contributed by atoms with Crippen LogP contribution >= 0.6 is 0 Å². The van der Waals surface area contributed by atoms with Gasteiger partial charge in [-0.3, -0.25) is 4.90 Å². The first-order chi connectivity index (χ1) is 9.61. The molecular formula is C18H30N2. The lowest BCUT2D eigenvalue weighted by Crippen LogP contribution is -2.44. The Bertz CT molecular complexity index is 416. The molecule has 2 rings (SSSR count). The van der Waals surface area contributed by atoms with Crippen LogP contribution in [-0.4, -0.2) is 24.5 Å². The van der Waals surface area contributed by atoms with Crippen LogP contribution in [0.25, 0.3) is 0 Å². The highest BCUT2D eigenvalue weighted by molar-refractivity contribution is 5.25. The number of nitrogens with zero attached hydrogens (tertiary/aromatic N) is 1. The summed E-state index contributed by atoms with van der Waals surface area (Å²) >= 11 is 0. The molecule has 0 spiro atoms. The molecule has 3 unspecified atom stereocenters. The zero-order valence-corrected chi connectivity index (χ0v) is 13.3. The van der Waals surface area contributed by atoms with Crippen LogP contribution in [0.15, 0.2) is 24.3 Å². The predicted molar refractivity (Wildman–Crippen MR) is 86.6 cm³/mol. The summed E-state index contributed by atoms with van der Waals surface area (Å²) in [6.07, 6.45) is 5.47. The fourth-order valence-corrected chi connectivity index (χ4v) is 3.74. The summed E-state index contributed by atoms with van der Waals surface area (Å²) in [4.78, 5) is 2.48. The summed E-state index contributed by atoms with van der Waals surface area (Å²) in [5.41, 5.74) is 8.91. The fraction of sp³-hybridized carbons (Fsp3) is 0.667. The molecule has 2 N–H and O–H groups in total. The van der Waals surface area contributed by atoms with Gasteiger partial charge in [-0.2, -0.15) is 0 Å². The number of likely N-dealkylation sites (N-methyl/N-ethyl adjacent to an activating group) is 1. The van der Waals surface area contributed by atoms with Crippen LogP contribution in [0.4, 0.5) is 0 Å². The van der Waals surface area contributed by atoms with E-state index in [-0.39, 0.29) is 0 Å². The second-order valence-corrected chi connectivity index (χ2v) is 6.68. The average molecular weight is 274 g/mol. The molecule has 1 saturated carbocycles. The quantitative estimate of drug-likeness (QED) is 0.889. The summed E-state index contributed by atoms with van der Waals surface area (Å²) < 4.78 is 0. The number of rotatable bonds is 5. The van der Waals surface area contributed by atoms with Crippen LogP contribution < -0.4 is 5.73 Å². The summed E-state index contributed by atoms with van der Waals surface area (Å²) in [5.74, 6) is 1.65. The Morgan fingerprint density at radius 2 is 2.05 bits per heavy atom. The van der Waals surface area contributed by atoms with Crippen molar-refractivity contribution >= 4 is 0 Å². The van der Waals surface area contributed by atoms with Crippen molar-refractivity contribution in [3.63, 3.8) is 0 Å². The normalized spacial score (nSPS) is 24.9. The highest BCUT2D eigenvalue weighted by Crippen LogP contribution is 2.32. The molecule has 0 saturated heterocycles. The smallest absolute Gasteiger partial charge is 0.0247 e. The van der Waals surface area contributed by atoms with Crippen LogP contribution in [0.5, 0.6) is 0 Å². The first-order valence-electron chi connectivity index (χ1n) is 8.06. The van der Waals surface area contributed by atoms with Crippen molar-refractivity contribution in [2.45, 2.75) is 52.1 Å². The van der Waals surface area contributed by atoms with Gasteiger partial charge in [-0.25, -0.2) is 0 Å². The maximum atomic E-state index is 6.10. The van der Waals surface area contributed by atoms with E-state index in [9.17, 15) is 0 Å². The predicted octanol–water partition coefficient (Wildman–Crippen LogP) is 3.58. The number of benzene rings is 1. The zero-order valence-electron chi connectivity index (χ0n) is 13.3. The topological polar surface area (TPSA) is 29.3 Å². The van der Waals surface area contributed by atoms with Crippen LogP contribution in [0.2, 0.25) is 0 Å². The van der Waals surface area contributed by atoms with Gasteiger partial charge in [0, 0.05) is 19.1 Å². The molecule has 0 aromatic heterocycles. The van der Waals surface area contributed by atoms with Crippen LogP contribution in [0, 0.1) is 18.8 Å². The largest absolute Gasteiger partial charge is 0.329 e. The third-order valence-electron chi connectivity index (χ3n) is 5.01. The summed E-state index contributed by atoms with van der Waals surface area (Å²) in [6, 6.07) is 9.21. The van der Waals surface area contributed by atoms with Gasteiger partial charge in [0.2, 0.25) is 0 Å². The minimum absolute atomic E-state index is 0.525. The van der Waals surface area contributed by atoms with Gasteiger partial charge >= 0.3 is 0 Å². The molecular weight excluding hydrogens is 244 g/mol. The molecule has 20 heavy (non-hydrogen) atoms. The summed E-state index contributed by atoms with van der Waals surface area (Å²) in [5, 5.41) is 0. The highest BCUT2D eigenvalue weighted by Gasteiger charge is 2.28. The molecule has 1 aromatic rings. The van der Waals surface area contributed by atoms with E-state index < -0.39 is 0 Å². The molecule has 1 aromatic carbocycles. The van der Waals surface area contributed by atoms with Crippen molar-refractivity contribution in [1.82, 2.24) is 4.90 Å². The number of nitrogens with two attached hydrogens (primary N) is 1. The van der Waals surface area contributed by atoms with Gasteiger partial charge in [0.15, 0.2) is 0 Å². The van der Waals surface area contributed by atoms with Gasteiger partial charge in [0.1, 0.15) is 0 Å². The van der Waals surface area contributed by atoms with E-state index >= 15 is 0 Å². The Kier molecular flexibility index (Phi) is 5.62. The van der Waals surface area contributed by atoms with Gasteiger partial charge in [0.05, 0.1) is 0 Å². The van der Waals surface area contributed by atoms with E-state index in [1.54, 1.807) is 0 Å². The van der Waals surface area contributed by atoms with Gasteiger partial charge in [-0.1, -0.05) is 44.0 Å². The molecule has 2 nitrogen and oxygen atoms in total. The van der Waals surface area contributed by atoms with E-state index in [1.165, 1.54) is 36.8 Å². The van der Waals surface area contributed by atoms with Crippen LogP contribution in [-0.2, 0) is 6.54 Å². The van der Waals surface area contributed by atoms with Crippen molar-refractivity contribution < 1.29 is 0 Å². The van der Waals surface area contributed by atoms with Gasteiger partial charge < -0.3 is 5.73 Å². The zero-order chi connectivity index (χ0) is 14.5. The molecule has 112 valence electrons.